The highest BCUT2D eigenvalue weighted by Crippen LogP contribution is 2.28. The lowest BCUT2D eigenvalue weighted by molar-refractivity contribution is -0.132. The molecule has 3 heterocycles. The van der Waals surface area contributed by atoms with Crippen LogP contribution in [0.1, 0.15) is 31.6 Å². The van der Waals surface area contributed by atoms with Crippen molar-refractivity contribution in [2.24, 2.45) is 0 Å². The number of carbonyl (C=O) groups is 1. The molecular weight excluding hydrogens is 380 g/mol. The van der Waals surface area contributed by atoms with E-state index in [9.17, 15) is 4.79 Å². The van der Waals surface area contributed by atoms with Crippen molar-refractivity contribution in [2.45, 2.75) is 31.3 Å². The standard InChI is InChI=1S/C19H22N6O2.ClH/c1-14(16-23-17(27-24-16)15-6-3-2-4-7-15)22-18(26)19(8-11-20-12-9-19)25-13-5-10-21-25;/h2-7,10,13-14,20H,8-9,11-12H2,1H3,(H,22,26);1H. The minimum Gasteiger partial charge on any atom is -0.344 e. The Labute approximate surface area is 169 Å². The van der Waals surface area contributed by atoms with Gasteiger partial charge in [-0.2, -0.15) is 10.1 Å². The van der Waals surface area contributed by atoms with Crippen molar-refractivity contribution >= 4 is 18.3 Å². The fourth-order valence-electron chi connectivity index (χ4n) is 3.43. The summed E-state index contributed by atoms with van der Waals surface area (Å²) in [5.41, 5.74) is 0.149. The summed E-state index contributed by atoms with van der Waals surface area (Å²) in [6.07, 6.45) is 4.90. The average Bonchev–Trinajstić information content (AvgIpc) is 3.41. The van der Waals surface area contributed by atoms with Gasteiger partial charge in [0.15, 0.2) is 5.82 Å². The summed E-state index contributed by atoms with van der Waals surface area (Å²) >= 11 is 0. The molecule has 2 aromatic heterocycles. The topological polar surface area (TPSA) is 97.9 Å². The lowest BCUT2D eigenvalue weighted by Gasteiger charge is -2.37. The lowest BCUT2D eigenvalue weighted by Crippen LogP contribution is -2.55. The molecule has 1 amide bonds. The summed E-state index contributed by atoms with van der Waals surface area (Å²) in [4.78, 5) is 17.6. The van der Waals surface area contributed by atoms with Gasteiger partial charge in [0.25, 0.3) is 5.89 Å². The number of aromatic nitrogens is 4. The van der Waals surface area contributed by atoms with Gasteiger partial charge in [-0.15, -0.1) is 12.4 Å². The third kappa shape index (κ3) is 3.79. The van der Waals surface area contributed by atoms with Crippen LogP contribution >= 0.6 is 12.4 Å². The predicted molar refractivity (Wildman–Crippen MR) is 106 cm³/mol. The lowest BCUT2D eigenvalue weighted by atomic mass is 9.87. The van der Waals surface area contributed by atoms with Crippen LogP contribution in [-0.4, -0.2) is 38.9 Å². The molecule has 3 aromatic rings. The molecule has 9 heteroatoms. The molecule has 4 rings (SSSR count). The number of benzene rings is 1. The highest BCUT2D eigenvalue weighted by atomic mass is 35.5. The summed E-state index contributed by atoms with van der Waals surface area (Å²) in [6.45, 7) is 3.39. The largest absolute Gasteiger partial charge is 0.344 e. The number of rotatable bonds is 5. The molecule has 1 aliphatic rings. The molecule has 0 aliphatic carbocycles. The third-order valence-corrected chi connectivity index (χ3v) is 4.99. The van der Waals surface area contributed by atoms with E-state index in [4.69, 9.17) is 4.52 Å². The summed E-state index contributed by atoms with van der Waals surface area (Å²) < 4.78 is 7.12. The molecule has 1 atom stereocenters. The van der Waals surface area contributed by atoms with Crippen LogP contribution < -0.4 is 10.6 Å². The molecule has 0 saturated carbocycles. The quantitative estimate of drug-likeness (QED) is 0.679. The van der Waals surface area contributed by atoms with Crippen LogP contribution in [0.25, 0.3) is 11.5 Å². The van der Waals surface area contributed by atoms with Gasteiger partial charge in [0.1, 0.15) is 5.54 Å². The van der Waals surface area contributed by atoms with E-state index in [2.05, 4.69) is 25.9 Å². The van der Waals surface area contributed by atoms with E-state index in [0.717, 1.165) is 18.7 Å². The molecule has 0 radical (unpaired) electrons. The van der Waals surface area contributed by atoms with Crippen molar-refractivity contribution in [1.82, 2.24) is 30.6 Å². The maximum atomic E-state index is 13.2. The molecule has 1 unspecified atom stereocenters. The zero-order chi connectivity index (χ0) is 18.7. The number of piperidine rings is 1. The highest BCUT2D eigenvalue weighted by molar-refractivity contribution is 5.85. The fourth-order valence-corrected chi connectivity index (χ4v) is 3.43. The Morgan fingerprint density at radius 3 is 2.68 bits per heavy atom. The highest BCUT2D eigenvalue weighted by Gasteiger charge is 2.42. The van der Waals surface area contributed by atoms with Gasteiger partial charge in [0.2, 0.25) is 5.91 Å². The first-order chi connectivity index (χ1) is 13.2. The summed E-state index contributed by atoms with van der Waals surface area (Å²) in [6, 6.07) is 11.0. The van der Waals surface area contributed by atoms with Crippen molar-refractivity contribution < 1.29 is 9.32 Å². The smallest absolute Gasteiger partial charge is 0.257 e. The van der Waals surface area contributed by atoms with Gasteiger partial charge in [-0.1, -0.05) is 23.4 Å². The van der Waals surface area contributed by atoms with Crippen LogP contribution in [0.15, 0.2) is 53.3 Å². The van der Waals surface area contributed by atoms with E-state index in [-0.39, 0.29) is 24.4 Å². The van der Waals surface area contributed by atoms with Gasteiger partial charge in [0.05, 0.1) is 6.04 Å². The van der Waals surface area contributed by atoms with Crippen LogP contribution in [0.2, 0.25) is 0 Å². The first-order valence-electron chi connectivity index (χ1n) is 9.10. The molecule has 148 valence electrons. The van der Waals surface area contributed by atoms with Gasteiger partial charge in [-0.05, 0) is 51.1 Å². The number of hydrogen-bond acceptors (Lipinski definition) is 6. The van der Waals surface area contributed by atoms with E-state index in [0.29, 0.717) is 24.6 Å². The number of halogens is 1. The second-order valence-corrected chi connectivity index (χ2v) is 6.75. The van der Waals surface area contributed by atoms with Gasteiger partial charge in [-0.25, -0.2) is 0 Å². The number of amides is 1. The molecule has 1 aliphatic heterocycles. The van der Waals surface area contributed by atoms with Crippen molar-refractivity contribution in [3.05, 3.63) is 54.6 Å². The minimum atomic E-state index is -0.699. The van der Waals surface area contributed by atoms with Crippen LogP contribution in [0.4, 0.5) is 0 Å². The van der Waals surface area contributed by atoms with Gasteiger partial charge in [-0.3, -0.25) is 9.48 Å². The SMILES string of the molecule is CC(NC(=O)C1(n2cccn2)CCNCC1)c1noc(-c2ccccc2)n1.Cl. The summed E-state index contributed by atoms with van der Waals surface area (Å²) in [5, 5.41) is 14.7. The van der Waals surface area contributed by atoms with E-state index in [1.807, 2.05) is 49.5 Å². The Bertz CT molecular complexity index is 890. The Morgan fingerprint density at radius 1 is 1.25 bits per heavy atom. The normalized spacial score (nSPS) is 16.8. The summed E-state index contributed by atoms with van der Waals surface area (Å²) in [7, 11) is 0. The van der Waals surface area contributed by atoms with Crippen molar-refractivity contribution in [1.29, 1.82) is 0 Å². The Hall–Kier alpha value is -2.71. The van der Waals surface area contributed by atoms with Crippen molar-refractivity contribution in [2.75, 3.05) is 13.1 Å². The molecule has 0 bridgehead atoms. The molecule has 2 N–H and O–H groups in total. The fraction of sp³-hybridized carbons (Fsp3) is 0.368. The van der Waals surface area contributed by atoms with E-state index in [1.165, 1.54) is 0 Å². The van der Waals surface area contributed by atoms with Crippen LogP contribution in [0.5, 0.6) is 0 Å². The maximum Gasteiger partial charge on any atom is 0.257 e. The van der Waals surface area contributed by atoms with Crippen LogP contribution in [0.3, 0.4) is 0 Å². The molecular formula is C19H23ClN6O2. The van der Waals surface area contributed by atoms with Crippen LogP contribution in [-0.2, 0) is 10.3 Å². The molecule has 1 fully saturated rings. The van der Waals surface area contributed by atoms with E-state index >= 15 is 0 Å². The monoisotopic (exact) mass is 402 g/mol. The van der Waals surface area contributed by atoms with E-state index < -0.39 is 5.54 Å². The number of nitrogens with one attached hydrogen (secondary N) is 2. The first kappa shape index (κ1) is 20.0. The third-order valence-electron chi connectivity index (χ3n) is 4.99. The van der Waals surface area contributed by atoms with Crippen molar-refractivity contribution in [3.8, 4) is 11.5 Å². The molecule has 1 aromatic carbocycles. The van der Waals surface area contributed by atoms with Crippen molar-refractivity contribution in [3.63, 3.8) is 0 Å². The molecule has 8 nitrogen and oxygen atoms in total. The van der Waals surface area contributed by atoms with Gasteiger partial charge in [0, 0.05) is 18.0 Å². The second kappa shape index (κ2) is 8.53. The number of carbonyl (C=O) groups excluding carboxylic acids is 1. The zero-order valence-electron chi connectivity index (χ0n) is 15.5. The Balaban J connectivity index is 0.00000225. The van der Waals surface area contributed by atoms with Gasteiger partial charge < -0.3 is 15.2 Å². The summed E-state index contributed by atoms with van der Waals surface area (Å²) in [5.74, 6) is 0.813. The van der Waals surface area contributed by atoms with E-state index in [1.54, 1.807) is 10.9 Å². The maximum absolute atomic E-state index is 13.2. The first-order valence-corrected chi connectivity index (χ1v) is 9.10. The van der Waals surface area contributed by atoms with Gasteiger partial charge >= 0.3 is 0 Å². The number of nitrogens with zero attached hydrogens (tertiary/aromatic N) is 4. The minimum absolute atomic E-state index is 0. The zero-order valence-corrected chi connectivity index (χ0v) is 16.4. The average molecular weight is 403 g/mol. The second-order valence-electron chi connectivity index (χ2n) is 6.75. The Morgan fingerprint density at radius 2 is 2.00 bits per heavy atom. The predicted octanol–water partition coefficient (Wildman–Crippen LogP) is 2.31. The molecule has 28 heavy (non-hydrogen) atoms. The molecule has 0 spiro atoms. The number of hydrogen-bond donors (Lipinski definition) is 2. The molecule has 1 saturated heterocycles. The van der Waals surface area contributed by atoms with Crippen LogP contribution in [0, 0.1) is 0 Å². The Kier molecular flexibility index (Phi) is 6.11.